The van der Waals surface area contributed by atoms with Gasteiger partial charge in [0.05, 0.1) is 5.92 Å². The minimum Gasteiger partial charge on any atom is -0.481 e. The lowest BCUT2D eigenvalue weighted by Gasteiger charge is -2.35. The van der Waals surface area contributed by atoms with Crippen LogP contribution in [-0.4, -0.2) is 33.6 Å². The van der Waals surface area contributed by atoms with Crippen molar-refractivity contribution in [2.45, 2.75) is 13.3 Å². The molecule has 1 saturated heterocycles. The Morgan fingerprint density at radius 3 is 3.00 bits per heavy atom. The molecular formula is C15H16N4O2. The number of carboxylic acids is 1. The highest BCUT2D eigenvalue weighted by Gasteiger charge is 2.33. The van der Waals surface area contributed by atoms with Crippen LogP contribution in [0.2, 0.25) is 0 Å². The summed E-state index contributed by atoms with van der Waals surface area (Å²) >= 11 is 0. The van der Waals surface area contributed by atoms with Crippen molar-refractivity contribution in [2.24, 2.45) is 11.8 Å². The molecule has 2 unspecified atom stereocenters. The molecule has 2 aromatic heterocycles. The van der Waals surface area contributed by atoms with Crippen LogP contribution in [0.4, 0.5) is 5.82 Å². The third-order valence-corrected chi connectivity index (χ3v) is 4.14. The first-order valence-corrected chi connectivity index (χ1v) is 6.96. The largest absolute Gasteiger partial charge is 0.481 e. The Bertz CT molecular complexity index is 731. The maximum Gasteiger partial charge on any atom is 0.306 e. The number of aromatic nitrogens is 2. The molecule has 108 valence electrons. The Morgan fingerprint density at radius 2 is 2.33 bits per heavy atom. The van der Waals surface area contributed by atoms with Gasteiger partial charge >= 0.3 is 5.97 Å². The lowest BCUT2D eigenvalue weighted by Crippen LogP contribution is -2.42. The fraction of sp³-hybridized carbons (Fsp3) is 0.400. The van der Waals surface area contributed by atoms with E-state index in [2.05, 4.69) is 11.1 Å². The lowest BCUT2D eigenvalue weighted by atomic mass is 9.87. The van der Waals surface area contributed by atoms with E-state index < -0.39 is 5.97 Å². The average molecular weight is 284 g/mol. The average Bonchev–Trinajstić information content (AvgIpc) is 2.85. The number of aliphatic carboxylic acids is 1. The molecule has 0 bridgehead atoms. The zero-order valence-electron chi connectivity index (χ0n) is 11.7. The summed E-state index contributed by atoms with van der Waals surface area (Å²) in [6.07, 6.45) is 2.40. The van der Waals surface area contributed by atoms with Crippen LogP contribution in [0.3, 0.4) is 0 Å². The number of hydrogen-bond donors (Lipinski definition) is 1. The Kier molecular flexibility index (Phi) is 3.26. The number of piperidine rings is 1. The summed E-state index contributed by atoms with van der Waals surface area (Å²) in [5.74, 6) is -0.367. The van der Waals surface area contributed by atoms with E-state index in [-0.39, 0.29) is 11.8 Å². The second-order valence-corrected chi connectivity index (χ2v) is 5.48. The topological polar surface area (TPSA) is 81.6 Å². The van der Waals surface area contributed by atoms with Crippen molar-refractivity contribution in [3.63, 3.8) is 0 Å². The molecule has 2 aromatic rings. The van der Waals surface area contributed by atoms with Gasteiger partial charge in [0.2, 0.25) is 0 Å². The number of nitriles is 1. The van der Waals surface area contributed by atoms with Crippen molar-refractivity contribution >= 4 is 17.4 Å². The van der Waals surface area contributed by atoms with Crippen LogP contribution in [0.25, 0.3) is 5.65 Å². The number of pyridine rings is 1. The van der Waals surface area contributed by atoms with Crippen molar-refractivity contribution in [3.8, 4) is 6.07 Å². The molecule has 0 aromatic carbocycles. The van der Waals surface area contributed by atoms with Gasteiger partial charge in [-0.3, -0.25) is 9.20 Å². The first kappa shape index (κ1) is 13.4. The van der Waals surface area contributed by atoms with Crippen LogP contribution in [0.5, 0.6) is 0 Å². The van der Waals surface area contributed by atoms with Crippen molar-refractivity contribution in [1.82, 2.24) is 9.38 Å². The van der Waals surface area contributed by atoms with Gasteiger partial charge in [0.1, 0.15) is 11.7 Å². The number of carbonyl (C=O) groups is 1. The highest BCUT2D eigenvalue weighted by molar-refractivity contribution is 5.71. The standard InChI is InChI=1S/C15H16N4O2/c1-10-9-18(7-5-11(10)15(20)21)14-12(8-16)19-6-3-2-4-13(19)17-14/h2-4,6,10-11H,5,7,9H2,1H3,(H,20,21). The first-order valence-electron chi connectivity index (χ1n) is 6.96. The molecule has 0 aliphatic carbocycles. The van der Waals surface area contributed by atoms with Crippen molar-refractivity contribution in [1.29, 1.82) is 5.26 Å². The molecule has 0 saturated carbocycles. The number of fused-ring (bicyclic) bond motifs is 1. The molecule has 2 atom stereocenters. The van der Waals surface area contributed by atoms with Crippen molar-refractivity contribution in [3.05, 3.63) is 30.1 Å². The van der Waals surface area contributed by atoms with E-state index in [0.29, 0.717) is 31.0 Å². The molecule has 1 aliphatic heterocycles. The fourth-order valence-corrected chi connectivity index (χ4v) is 3.01. The van der Waals surface area contributed by atoms with Crippen LogP contribution < -0.4 is 4.90 Å². The Labute approximate surface area is 122 Å². The molecule has 1 fully saturated rings. The van der Waals surface area contributed by atoms with Crippen LogP contribution in [0, 0.1) is 23.2 Å². The minimum absolute atomic E-state index is 0.0348. The van der Waals surface area contributed by atoms with E-state index in [9.17, 15) is 15.2 Å². The van der Waals surface area contributed by atoms with Crippen LogP contribution in [0.15, 0.2) is 24.4 Å². The molecule has 21 heavy (non-hydrogen) atoms. The maximum absolute atomic E-state index is 11.2. The predicted molar refractivity (Wildman–Crippen MR) is 77.0 cm³/mol. The molecule has 3 rings (SSSR count). The van der Waals surface area contributed by atoms with Crippen LogP contribution in [0.1, 0.15) is 19.0 Å². The number of rotatable bonds is 2. The summed E-state index contributed by atoms with van der Waals surface area (Å²) in [4.78, 5) is 17.7. The molecule has 0 spiro atoms. The Morgan fingerprint density at radius 1 is 1.52 bits per heavy atom. The zero-order valence-corrected chi connectivity index (χ0v) is 11.7. The zero-order chi connectivity index (χ0) is 15.0. The Hall–Kier alpha value is -2.55. The molecule has 3 heterocycles. The van der Waals surface area contributed by atoms with Gasteiger partial charge in [-0.05, 0) is 24.5 Å². The van der Waals surface area contributed by atoms with Gasteiger partial charge in [-0.2, -0.15) is 5.26 Å². The SMILES string of the molecule is CC1CN(c2nc3ccccn3c2C#N)CCC1C(=O)O. The number of carboxylic acid groups (broad SMARTS) is 1. The fourth-order valence-electron chi connectivity index (χ4n) is 3.01. The van der Waals surface area contributed by atoms with E-state index in [1.807, 2.05) is 36.2 Å². The van der Waals surface area contributed by atoms with E-state index >= 15 is 0 Å². The molecule has 0 amide bonds. The minimum atomic E-state index is -0.738. The van der Waals surface area contributed by atoms with Crippen LogP contribution in [-0.2, 0) is 4.79 Å². The molecule has 6 nitrogen and oxygen atoms in total. The summed E-state index contributed by atoms with van der Waals surface area (Å²) in [7, 11) is 0. The quantitative estimate of drug-likeness (QED) is 0.908. The Balaban J connectivity index is 1.95. The molecule has 1 N–H and O–H groups in total. The summed E-state index contributed by atoms with van der Waals surface area (Å²) in [6, 6.07) is 7.81. The molecule has 6 heteroatoms. The summed E-state index contributed by atoms with van der Waals surface area (Å²) in [5.41, 5.74) is 1.24. The number of imidazole rings is 1. The van der Waals surface area contributed by atoms with Gasteiger partial charge in [0.15, 0.2) is 11.5 Å². The smallest absolute Gasteiger partial charge is 0.306 e. The molecular weight excluding hydrogens is 268 g/mol. The van der Waals surface area contributed by atoms with E-state index in [4.69, 9.17) is 0 Å². The van der Waals surface area contributed by atoms with Crippen LogP contribution >= 0.6 is 0 Å². The second-order valence-electron chi connectivity index (χ2n) is 5.48. The number of nitrogens with zero attached hydrogens (tertiary/aromatic N) is 4. The van der Waals surface area contributed by atoms with Gasteiger partial charge in [-0.25, -0.2) is 4.98 Å². The van der Waals surface area contributed by atoms with E-state index in [1.165, 1.54) is 0 Å². The van der Waals surface area contributed by atoms with E-state index in [1.54, 1.807) is 4.40 Å². The second kappa shape index (κ2) is 5.09. The van der Waals surface area contributed by atoms with Gasteiger partial charge in [-0.1, -0.05) is 13.0 Å². The van der Waals surface area contributed by atoms with Crippen molar-refractivity contribution in [2.75, 3.05) is 18.0 Å². The predicted octanol–water partition coefficient (Wildman–Crippen LogP) is 1.75. The number of hydrogen-bond acceptors (Lipinski definition) is 4. The summed E-state index contributed by atoms with van der Waals surface area (Å²) < 4.78 is 1.77. The van der Waals surface area contributed by atoms with Gasteiger partial charge in [-0.15, -0.1) is 0 Å². The number of anilines is 1. The third-order valence-electron chi connectivity index (χ3n) is 4.14. The van der Waals surface area contributed by atoms with Crippen molar-refractivity contribution < 1.29 is 9.90 Å². The molecule has 0 radical (unpaired) electrons. The van der Waals surface area contributed by atoms with Gasteiger partial charge in [0.25, 0.3) is 0 Å². The lowest BCUT2D eigenvalue weighted by molar-refractivity contribution is -0.144. The van der Waals surface area contributed by atoms with Gasteiger partial charge < -0.3 is 10.0 Å². The summed E-state index contributed by atoms with van der Waals surface area (Å²) in [6.45, 7) is 3.15. The van der Waals surface area contributed by atoms with Gasteiger partial charge in [0, 0.05) is 19.3 Å². The summed E-state index contributed by atoms with van der Waals surface area (Å²) in [5, 5.41) is 18.6. The monoisotopic (exact) mass is 284 g/mol. The maximum atomic E-state index is 11.2. The first-order chi connectivity index (χ1) is 10.1. The highest BCUT2D eigenvalue weighted by atomic mass is 16.4. The van der Waals surface area contributed by atoms with E-state index in [0.717, 1.165) is 5.65 Å². The molecule has 1 aliphatic rings. The highest BCUT2D eigenvalue weighted by Crippen LogP contribution is 2.29. The normalized spacial score (nSPS) is 22.2. The third kappa shape index (κ3) is 2.21.